The number of nitrogens with one attached hydrogen (secondary N) is 2. The number of pyridine rings is 1. The highest BCUT2D eigenvalue weighted by Gasteiger charge is 2.09. The minimum Gasteiger partial charge on any atom is -0.348 e. The summed E-state index contributed by atoms with van der Waals surface area (Å²) in [6.07, 6.45) is 4.76. The molecule has 8 heteroatoms. The van der Waals surface area contributed by atoms with E-state index in [1.807, 2.05) is 30.3 Å². The summed E-state index contributed by atoms with van der Waals surface area (Å²) in [6.45, 7) is 0.859. The molecule has 0 fully saturated rings. The molecule has 0 atom stereocenters. The lowest BCUT2D eigenvalue weighted by Gasteiger charge is -2.07. The van der Waals surface area contributed by atoms with E-state index in [1.165, 1.54) is 31.3 Å². The van der Waals surface area contributed by atoms with E-state index in [4.69, 9.17) is 0 Å². The summed E-state index contributed by atoms with van der Waals surface area (Å²) in [7, 11) is -2.13. The van der Waals surface area contributed by atoms with Crippen molar-refractivity contribution >= 4 is 22.0 Å². The summed E-state index contributed by atoms with van der Waals surface area (Å²) in [5, 5.41) is 2.81. The van der Waals surface area contributed by atoms with Gasteiger partial charge in [0.05, 0.1) is 11.4 Å². The molecule has 2 N–H and O–H groups in total. The second kappa shape index (κ2) is 10.0. The summed E-state index contributed by atoms with van der Waals surface area (Å²) < 4.78 is 27.3. The average Bonchev–Trinajstić information content (AvgIpc) is 2.79. The van der Waals surface area contributed by atoms with Crippen molar-refractivity contribution in [2.45, 2.75) is 18.0 Å². The van der Waals surface area contributed by atoms with Gasteiger partial charge in [0.2, 0.25) is 15.9 Å². The Bertz CT molecular complexity index is 1230. The standard InChI is InChI=1S/C23H23N3O4S/c1-24-31(29,30)21-12-9-18(10-13-21)11-14-22(27)25-16-19-5-7-20(8-6-19)17-26-15-3-2-4-23(26)28/h2-15,24H,16-17H2,1H3,(H,25,27). The Morgan fingerprint density at radius 3 is 2.29 bits per heavy atom. The summed E-state index contributed by atoms with van der Waals surface area (Å²) >= 11 is 0. The molecule has 1 heterocycles. The lowest BCUT2D eigenvalue weighted by molar-refractivity contribution is -0.116. The SMILES string of the molecule is CNS(=O)(=O)c1ccc(C=CC(=O)NCc2ccc(Cn3ccccc3=O)cc2)cc1. The zero-order chi connectivity index (χ0) is 22.3. The van der Waals surface area contributed by atoms with Gasteiger partial charge in [0.15, 0.2) is 0 Å². The normalized spacial score (nSPS) is 11.5. The first-order valence-electron chi connectivity index (χ1n) is 9.60. The van der Waals surface area contributed by atoms with Crippen LogP contribution in [0.4, 0.5) is 0 Å². The predicted octanol–water partition coefficient (Wildman–Crippen LogP) is 2.13. The Hall–Kier alpha value is -3.49. The Morgan fingerprint density at radius 1 is 0.968 bits per heavy atom. The molecule has 1 amide bonds. The fourth-order valence-corrected chi connectivity index (χ4v) is 3.58. The fraction of sp³-hybridized carbons (Fsp3) is 0.130. The highest BCUT2D eigenvalue weighted by Crippen LogP contribution is 2.11. The molecule has 160 valence electrons. The maximum atomic E-state index is 12.1. The lowest BCUT2D eigenvalue weighted by atomic mass is 10.1. The van der Waals surface area contributed by atoms with Crippen molar-refractivity contribution in [3.63, 3.8) is 0 Å². The number of hydrogen-bond donors (Lipinski definition) is 2. The summed E-state index contributed by atoms with van der Waals surface area (Å²) in [5.74, 6) is -0.258. The van der Waals surface area contributed by atoms with Crippen molar-refractivity contribution in [1.82, 2.24) is 14.6 Å². The van der Waals surface area contributed by atoms with Gasteiger partial charge < -0.3 is 9.88 Å². The van der Waals surface area contributed by atoms with Gasteiger partial charge in [-0.25, -0.2) is 13.1 Å². The van der Waals surface area contributed by atoms with Crippen LogP contribution in [0, 0.1) is 0 Å². The van der Waals surface area contributed by atoms with Gasteiger partial charge in [-0.3, -0.25) is 9.59 Å². The van der Waals surface area contributed by atoms with E-state index < -0.39 is 10.0 Å². The van der Waals surface area contributed by atoms with Gasteiger partial charge in [-0.15, -0.1) is 0 Å². The number of aromatic nitrogens is 1. The molecule has 0 aliphatic heterocycles. The van der Waals surface area contributed by atoms with Crippen LogP contribution in [0.15, 0.2) is 88.7 Å². The zero-order valence-corrected chi connectivity index (χ0v) is 17.8. The van der Waals surface area contributed by atoms with Gasteiger partial charge in [-0.05, 0) is 48.0 Å². The molecule has 2 aromatic carbocycles. The maximum absolute atomic E-state index is 12.1. The minimum atomic E-state index is -3.48. The molecule has 3 rings (SSSR count). The number of benzene rings is 2. The number of rotatable bonds is 8. The van der Waals surface area contributed by atoms with Crippen LogP contribution in [0.2, 0.25) is 0 Å². The van der Waals surface area contributed by atoms with Crippen LogP contribution >= 0.6 is 0 Å². The smallest absolute Gasteiger partial charge is 0.250 e. The maximum Gasteiger partial charge on any atom is 0.250 e. The molecule has 0 saturated heterocycles. The van der Waals surface area contributed by atoms with Gasteiger partial charge in [-0.2, -0.15) is 0 Å². The third-order valence-electron chi connectivity index (χ3n) is 4.63. The molecule has 1 aromatic heterocycles. The molecule has 3 aromatic rings. The zero-order valence-electron chi connectivity index (χ0n) is 17.0. The van der Waals surface area contributed by atoms with Crippen LogP contribution in [0.5, 0.6) is 0 Å². The third kappa shape index (κ3) is 6.24. The fourth-order valence-electron chi connectivity index (χ4n) is 2.85. The van der Waals surface area contributed by atoms with Gasteiger partial charge >= 0.3 is 0 Å². The molecular formula is C23H23N3O4S. The van der Waals surface area contributed by atoms with E-state index in [-0.39, 0.29) is 16.4 Å². The highest BCUT2D eigenvalue weighted by molar-refractivity contribution is 7.89. The lowest BCUT2D eigenvalue weighted by Crippen LogP contribution is -2.20. The van der Waals surface area contributed by atoms with Crippen molar-refractivity contribution in [3.8, 4) is 0 Å². The molecule has 7 nitrogen and oxygen atoms in total. The predicted molar refractivity (Wildman–Crippen MR) is 120 cm³/mol. The van der Waals surface area contributed by atoms with E-state index in [9.17, 15) is 18.0 Å². The number of carbonyl (C=O) groups is 1. The van der Waals surface area contributed by atoms with E-state index >= 15 is 0 Å². The van der Waals surface area contributed by atoms with Crippen LogP contribution in [0.3, 0.4) is 0 Å². The molecule has 0 aliphatic rings. The largest absolute Gasteiger partial charge is 0.348 e. The molecule has 31 heavy (non-hydrogen) atoms. The first-order valence-corrected chi connectivity index (χ1v) is 11.1. The van der Waals surface area contributed by atoms with Crippen LogP contribution in [-0.4, -0.2) is 25.9 Å². The van der Waals surface area contributed by atoms with Crippen LogP contribution in [0.1, 0.15) is 16.7 Å². The minimum absolute atomic E-state index is 0.0519. The van der Waals surface area contributed by atoms with Gasteiger partial charge in [0.25, 0.3) is 5.56 Å². The molecule has 0 unspecified atom stereocenters. The molecule has 0 spiro atoms. The quantitative estimate of drug-likeness (QED) is 0.528. The Labute approximate surface area is 181 Å². The average molecular weight is 438 g/mol. The monoisotopic (exact) mass is 437 g/mol. The number of amides is 1. The van der Waals surface area contributed by atoms with Crippen LogP contribution in [0.25, 0.3) is 6.08 Å². The molecule has 0 radical (unpaired) electrons. The highest BCUT2D eigenvalue weighted by atomic mass is 32.2. The summed E-state index contributed by atoms with van der Waals surface area (Å²) in [5.41, 5.74) is 2.59. The second-order valence-electron chi connectivity index (χ2n) is 6.81. The summed E-state index contributed by atoms with van der Waals surface area (Å²) in [6, 6.07) is 19.0. The van der Waals surface area contributed by atoms with Crippen molar-refractivity contribution in [3.05, 3.63) is 106 Å². The van der Waals surface area contributed by atoms with E-state index in [2.05, 4.69) is 10.0 Å². The second-order valence-corrected chi connectivity index (χ2v) is 8.70. The first-order chi connectivity index (χ1) is 14.9. The van der Waals surface area contributed by atoms with E-state index in [1.54, 1.807) is 35.0 Å². The number of nitrogens with zero attached hydrogens (tertiary/aromatic N) is 1. The van der Waals surface area contributed by atoms with Gasteiger partial charge in [0.1, 0.15) is 0 Å². The van der Waals surface area contributed by atoms with E-state index in [0.717, 1.165) is 11.1 Å². The van der Waals surface area contributed by atoms with Crippen molar-refractivity contribution in [2.24, 2.45) is 0 Å². The summed E-state index contributed by atoms with van der Waals surface area (Å²) in [4.78, 5) is 24.0. The number of sulfonamides is 1. The van der Waals surface area contributed by atoms with Crippen molar-refractivity contribution in [1.29, 1.82) is 0 Å². The van der Waals surface area contributed by atoms with Crippen molar-refractivity contribution < 1.29 is 13.2 Å². The first kappa shape index (κ1) is 22.2. The van der Waals surface area contributed by atoms with Gasteiger partial charge in [0, 0.05) is 24.9 Å². The topological polar surface area (TPSA) is 97.3 Å². The molecular weight excluding hydrogens is 414 g/mol. The molecule has 0 saturated carbocycles. The van der Waals surface area contributed by atoms with Gasteiger partial charge in [-0.1, -0.05) is 42.5 Å². The molecule has 0 bridgehead atoms. The van der Waals surface area contributed by atoms with Crippen LogP contribution < -0.4 is 15.6 Å². The third-order valence-corrected chi connectivity index (χ3v) is 6.06. The number of carbonyl (C=O) groups excluding carboxylic acids is 1. The molecule has 0 aliphatic carbocycles. The number of hydrogen-bond acceptors (Lipinski definition) is 4. The Balaban J connectivity index is 1.52. The Kier molecular flexibility index (Phi) is 7.17. The Morgan fingerprint density at radius 2 is 1.65 bits per heavy atom. The van der Waals surface area contributed by atoms with Crippen LogP contribution in [-0.2, 0) is 27.9 Å². The van der Waals surface area contributed by atoms with E-state index in [0.29, 0.717) is 18.7 Å². The van der Waals surface area contributed by atoms with Crippen molar-refractivity contribution in [2.75, 3.05) is 7.05 Å².